The average molecular weight is 485 g/mol. The maximum atomic E-state index is 9.86. The Labute approximate surface area is 212 Å². The maximum Gasteiger partial charge on any atom is 0.330 e. The summed E-state index contributed by atoms with van der Waals surface area (Å²) < 4.78 is 0. The van der Waals surface area contributed by atoms with Gasteiger partial charge in [0.1, 0.15) is 0 Å². The first-order valence-corrected chi connectivity index (χ1v) is 14.6. The minimum atomic E-state index is -0.935. The number of hydrogen-bond acceptors (Lipinski definition) is 3. The fourth-order valence-electron chi connectivity index (χ4n) is 4.33. The molecule has 4 heteroatoms. The molecule has 0 aliphatic rings. The van der Waals surface area contributed by atoms with Crippen LogP contribution in [-0.4, -0.2) is 34.0 Å². The SMILES string of the molecule is C=C(C)C(=O)O.CCCCCCCCCCCCC(CCCCCCCCCC)CC(O)CO. The van der Waals surface area contributed by atoms with E-state index < -0.39 is 12.1 Å². The number of rotatable bonds is 24. The monoisotopic (exact) mass is 484 g/mol. The smallest absolute Gasteiger partial charge is 0.330 e. The van der Waals surface area contributed by atoms with Crippen LogP contribution >= 0.6 is 0 Å². The number of carboxylic acid groups (broad SMARTS) is 1. The third kappa shape index (κ3) is 29.2. The van der Waals surface area contributed by atoms with Gasteiger partial charge in [-0.25, -0.2) is 4.79 Å². The largest absolute Gasteiger partial charge is 0.478 e. The quantitative estimate of drug-likeness (QED) is 0.0944. The number of aliphatic carboxylic acids is 1. The Hall–Kier alpha value is -0.870. The van der Waals surface area contributed by atoms with Crippen LogP contribution < -0.4 is 0 Å². The molecule has 3 N–H and O–H groups in total. The lowest BCUT2D eigenvalue weighted by Gasteiger charge is -2.19. The molecule has 0 bridgehead atoms. The van der Waals surface area contributed by atoms with Crippen molar-refractivity contribution in [2.24, 2.45) is 5.92 Å². The molecule has 0 aliphatic carbocycles. The van der Waals surface area contributed by atoms with Crippen molar-refractivity contribution < 1.29 is 20.1 Å². The third-order valence-corrected chi connectivity index (χ3v) is 6.61. The van der Waals surface area contributed by atoms with Gasteiger partial charge in [-0.05, 0) is 19.3 Å². The van der Waals surface area contributed by atoms with Crippen LogP contribution in [0.2, 0.25) is 0 Å². The number of hydrogen-bond donors (Lipinski definition) is 3. The second kappa shape index (κ2) is 28.4. The Morgan fingerprint density at radius 2 is 0.971 bits per heavy atom. The lowest BCUT2D eigenvalue weighted by molar-refractivity contribution is -0.132. The molecule has 0 aromatic heterocycles. The summed E-state index contributed by atoms with van der Waals surface area (Å²) in [6.07, 6.45) is 27.5. The summed E-state index contributed by atoms with van der Waals surface area (Å²) in [7, 11) is 0. The van der Waals surface area contributed by atoms with E-state index >= 15 is 0 Å². The molecule has 0 saturated carbocycles. The van der Waals surface area contributed by atoms with Crippen molar-refractivity contribution in [3.63, 3.8) is 0 Å². The average Bonchev–Trinajstić information content (AvgIpc) is 2.81. The zero-order chi connectivity index (χ0) is 25.9. The number of unbranched alkanes of at least 4 members (excludes halogenated alkanes) is 16. The second-order valence-corrected chi connectivity index (χ2v) is 10.3. The number of aliphatic hydroxyl groups excluding tert-OH is 2. The van der Waals surface area contributed by atoms with E-state index in [1.165, 1.54) is 135 Å². The summed E-state index contributed by atoms with van der Waals surface area (Å²) in [5, 5.41) is 26.9. The Bertz CT molecular complexity index is 424. The van der Waals surface area contributed by atoms with Crippen molar-refractivity contribution in [2.45, 2.75) is 162 Å². The molecule has 2 atom stereocenters. The maximum absolute atomic E-state index is 9.86. The van der Waals surface area contributed by atoms with Gasteiger partial charge in [-0.15, -0.1) is 0 Å². The zero-order valence-electron chi connectivity index (χ0n) is 23.2. The number of carbonyl (C=O) groups is 1. The lowest BCUT2D eigenvalue weighted by atomic mass is 9.89. The van der Waals surface area contributed by atoms with Gasteiger partial charge in [-0.2, -0.15) is 0 Å². The van der Waals surface area contributed by atoms with Crippen LogP contribution in [0.3, 0.4) is 0 Å². The molecule has 0 radical (unpaired) electrons. The van der Waals surface area contributed by atoms with Crippen LogP contribution in [0.5, 0.6) is 0 Å². The van der Waals surface area contributed by atoms with Crippen LogP contribution in [0.25, 0.3) is 0 Å². The van der Waals surface area contributed by atoms with E-state index in [4.69, 9.17) is 5.11 Å². The van der Waals surface area contributed by atoms with Crippen molar-refractivity contribution in [1.29, 1.82) is 0 Å². The Balaban J connectivity index is 0. The van der Waals surface area contributed by atoms with Crippen molar-refractivity contribution in [1.82, 2.24) is 0 Å². The van der Waals surface area contributed by atoms with E-state index in [1.54, 1.807) is 0 Å². The van der Waals surface area contributed by atoms with Gasteiger partial charge in [-0.3, -0.25) is 0 Å². The number of aliphatic hydroxyl groups is 2. The highest BCUT2D eigenvalue weighted by molar-refractivity contribution is 5.84. The summed E-state index contributed by atoms with van der Waals surface area (Å²) in [4.78, 5) is 9.60. The van der Waals surface area contributed by atoms with Crippen molar-refractivity contribution >= 4 is 5.97 Å². The fourth-order valence-corrected chi connectivity index (χ4v) is 4.33. The molecule has 0 rings (SSSR count). The van der Waals surface area contributed by atoms with Gasteiger partial charge in [-0.1, -0.05) is 149 Å². The molecule has 0 heterocycles. The molecule has 0 amide bonds. The summed E-state index contributed by atoms with van der Waals surface area (Å²) in [5.74, 6) is -0.328. The van der Waals surface area contributed by atoms with Crippen molar-refractivity contribution in [3.05, 3.63) is 12.2 Å². The molecule has 0 fully saturated rings. The highest BCUT2D eigenvalue weighted by Crippen LogP contribution is 2.23. The predicted molar refractivity (Wildman–Crippen MR) is 147 cm³/mol. The standard InChI is InChI=1S/C26H54O2.C4H6O2/c1-3-5-7-9-11-13-14-16-18-20-22-25(23-26(28)24-27)21-19-17-15-12-10-8-6-4-2;1-3(2)4(5)6/h25-28H,3-24H2,1-2H3;1H2,2H3,(H,5,6). The van der Waals surface area contributed by atoms with E-state index in [1.807, 2.05) is 0 Å². The molecule has 0 saturated heterocycles. The lowest BCUT2D eigenvalue weighted by Crippen LogP contribution is -2.17. The summed E-state index contributed by atoms with van der Waals surface area (Å²) in [6, 6.07) is 0. The first-order chi connectivity index (χ1) is 16.4. The normalized spacial score (nSPS) is 12.6. The third-order valence-electron chi connectivity index (χ3n) is 6.61. The topological polar surface area (TPSA) is 77.8 Å². The highest BCUT2D eigenvalue weighted by Gasteiger charge is 2.13. The van der Waals surface area contributed by atoms with Crippen LogP contribution in [0, 0.1) is 5.92 Å². The van der Waals surface area contributed by atoms with E-state index in [-0.39, 0.29) is 12.2 Å². The predicted octanol–water partition coefficient (Wildman–Crippen LogP) is 8.83. The minimum absolute atomic E-state index is 0.0774. The van der Waals surface area contributed by atoms with E-state index in [0.29, 0.717) is 5.92 Å². The molecule has 0 aromatic carbocycles. The fraction of sp³-hybridized carbons (Fsp3) is 0.900. The Kier molecular flexibility index (Phi) is 29.4. The highest BCUT2D eigenvalue weighted by atomic mass is 16.4. The van der Waals surface area contributed by atoms with Crippen molar-refractivity contribution in [3.8, 4) is 0 Å². The van der Waals surface area contributed by atoms with E-state index in [9.17, 15) is 15.0 Å². The molecule has 0 spiro atoms. The van der Waals surface area contributed by atoms with Gasteiger partial charge >= 0.3 is 5.97 Å². The molecule has 34 heavy (non-hydrogen) atoms. The Morgan fingerprint density at radius 3 is 1.24 bits per heavy atom. The van der Waals surface area contributed by atoms with Gasteiger partial charge in [0.15, 0.2) is 0 Å². The molecule has 204 valence electrons. The molecular formula is C30H60O4. The van der Waals surface area contributed by atoms with Crippen LogP contribution in [-0.2, 0) is 4.79 Å². The van der Waals surface area contributed by atoms with Gasteiger partial charge in [0.25, 0.3) is 0 Å². The van der Waals surface area contributed by atoms with Gasteiger partial charge in [0.05, 0.1) is 12.7 Å². The van der Waals surface area contributed by atoms with Gasteiger partial charge in [0.2, 0.25) is 0 Å². The van der Waals surface area contributed by atoms with Gasteiger partial charge < -0.3 is 15.3 Å². The molecule has 2 unspecified atom stereocenters. The number of carboxylic acids is 1. The first-order valence-electron chi connectivity index (χ1n) is 14.6. The van der Waals surface area contributed by atoms with Crippen LogP contribution in [0.15, 0.2) is 12.2 Å². The molecule has 0 aromatic rings. The Morgan fingerprint density at radius 1 is 0.676 bits per heavy atom. The van der Waals surface area contributed by atoms with Crippen molar-refractivity contribution in [2.75, 3.05) is 6.61 Å². The molecular weight excluding hydrogens is 424 g/mol. The minimum Gasteiger partial charge on any atom is -0.478 e. The van der Waals surface area contributed by atoms with Crippen LogP contribution in [0.4, 0.5) is 0 Å². The summed E-state index contributed by atoms with van der Waals surface area (Å²) >= 11 is 0. The second-order valence-electron chi connectivity index (χ2n) is 10.3. The zero-order valence-corrected chi connectivity index (χ0v) is 23.2. The molecule has 0 aliphatic heterocycles. The summed E-state index contributed by atoms with van der Waals surface area (Å²) in [5.41, 5.74) is 0.176. The van der Waals surface area contributed by atoms with Gasteiger partial charge in [0, 0.05) is 5.57 Å². The first kappa shape index (κ1) is 35.3. The summed E-state index contributed by atoms with van der Waals surface area (Å²) in [6.45, 7) is 9.08. The molecule has 4 nitrogen and oxygen atoms in total. The van der Waals surface area contributed by atoms with E-state index in [0.717, 1.165) is 6.42 Å². The van der Waals surface area contributed by atoms with E-state index in [2.05, 4.69) is 20.4 Å². The van der Waals surface area contributed by atoms with Crippen LogP contribution in [0.1, 0.15) is 156 Å².